The van der Waals surface area contributed by atoms with Crippen molar-refractivity contribution in [3.63, 3.8) is 0 Å². The van der Waals surface area contributed by atoms with Crippen LogP contribution >= 0.6 is 0 Å². The molecule has 2 rings (SSSR count). The van der Waals surface area contributed by atoms with E-state index in [4.69, 9.17) is 4.74 Å². The molecule has 0 radical (unpaired) electrons. The maximum Gasteiger partial charge on any atom is 0.331 e. The van der Waals surface area contributed by atoms with Crippen LogP contribution in [0.25, 0.3) is 6.08 Å². The number of carbonyl (C=O) groups is 2. The van der Waals surface area contributed by atoms with Crippen LogP contribution in [0.5, 0.6) is 0 Å². The fourth-order valence-electron chi connectivity index (χ4n) is 2.01. The Morgan fingerprint density at radius 3 is 2.75 bits per heavy atom. The van der Waals surface area contributed by atoms with Gasteiger partial charge in [0, 0.05) is 19.2 Å². The van der Waals surface area contributed by atoms with Crippen molar-refractivity contribution < 1.29 is 18.7 Å². The number of carbonyl (C=O) groups excluding carboxylic acids is 2. The van der Waals surface area contributed by atoms with E-state index in [9.17, 15) is 14.0 Å². The maximum absolute atomic E-state index is 12.9. The molecule has 0 aromatic heterocycles. The van der Waals surface area contributed by atoms with Crippen molar-refractivity contribution in [1.82, 2.24) is 4.90 Å². The molecule has 0 unspecified atom stereocenters. The molecule has 4 nitrogen and oxygen atoms in total. The average molecular weight is 277 g/mol. The Balaban J connectivity index is 1.79. The Kier molecular flexibility index (Phi) is 4.87. The third kappa shape index (κ3) is 4.19. The van der Waals surface area contributed by atoms with E-state index in [0.717, 1.165) is 25.9 Å². The molecular formula is C15H16FNO3. The molecule has 5 heteroatoms. The van der Waals surface area contributed by atoms with Gasteiger partial charge < -0.3 is 9.64 Å². The highest BCUT2D eigenvalue weighted by Crippen LogP contribution is 2.08. The molecule has 20 heavy (non-hydrogen) atoms. The van der Waals surface area contributed by atoms with E-state index in [-0.39, 0.29) is 18.3 Å². The SMILES string of the molecule is O=C(/C=C/c1cccc(F)c1)OCC(=O)N1CCCC1. The van der Waals surface area contributed by atoms with E-state index in [2.05, 4.69) is 0 Å². The summed E-state index contributed by atoms with van der Waals surface area (Å²) in [5, 5.41) is 0. The fourth-order valence-corrected chi connectivity index (χ4v) is 2.01. The zero-order valence-electron chi connectivity index (χ0n) is 11.0. The van der Waals surface area contributed by atoms with Crippen molar-refractivity contribution in [1.29, 1.82) is 0 Å². The molecule has 1 fully saturated rings. The number of halogens is 1. The number of hydrogen-bond donors (Lipinski definition) is 0. The van der Waals surface area contributed by atoms with Gasteiger partial charge in [0.05, 0.1) is 0 Å². The highest BCUT2D eigenvalue weighted by atomic mass is 19.1. The van der Waals surface area contributed by atoms with Crippen molar-refractivity contribution in [2.24, 2.45) is 0 Å². The Labute approximate surface area is 116 Å². The first-order chi connectivity index (χ1) is 9.65. The zero-order valence-corrected chi connectivity index (χ0v) is 11.0. The molecule has 0 spiro atoms. The predicted molar refractivity (Wildman–Crippen MR) is 72.2 cm³/mol. The molecule has 1 aliphatic heterocycles. The summed E-state index contributed by atoms with van der Waals surface area (Å²) in [6, 6.07) is 5.85. The third-order valence-corrected chi connectivity index (χ3v) is 3.06. The lowest BCUT2D eigenvalue weighted by Crippen LogP contribution is -2.31. The quantitative estimate of drug-likeness (QED) is 0.624. The van der Waals surface area contributed by atoms with Crippen LogP contribution < -0.4 is 0 Å². The van der Waals surface area contributed by atoms with Gasteiger partial charge >= 0.3 is 5.97 Å². The van der Waals surface area contributed by atoms with Crippen LogP contribution in [-0.2, 0) is 14.3 Å². The van der Waals surface area contributed by atoms with Gasteiger partial charge in [0.2, 0.25) is 0 Å². The van der Waals surface area contributed by atoms with Gasteiger partial charge in [-0.3, -0.25) is 4.79 Å². The molecule has 1 aliphatic rings. The van der Waals surface area contributed by atoms with Gasteiger partial charge in [0.25, 0.3) is 5.91 Å². The summed E-state index contributed by atoms with van der Waals surface area (Å²) in [6.07, 6.45) is 4.64. The molecule has 0 bridgehead atoms. The molecule has 0 atom stereocenters. The molecule has 0 aliphatic carbocycles. The molecule has 1 heterocycles. The smallest absolute Gasteiger partial charge is 0.331 e. The van der Waals surface area contributed by atoms with E-state index in [1.165, 1.54) is 24.3 Å². The van der Waals surface area contributed by atoms with E-state index in [1.807, 2.05) is 0 Å². The monoisotopic (exact) mass is 277 g/mol. The minimum absolute atomic E-state index is 0.171. The number of rotatable bonds is 4. The zero-order chi connectivity index (χ0) is 14.4. The van der Waals surface area contributed by atoms with Crippen LogP contribution in [0, 0.1) is 5.82 Å². The van der Waals surface area contributed by atoms with Crippen LogP contribution in [0.1, 0.15) is 18.4 Å². The molecule has 1 saturated heterocycles. The van der Waals surface area contributed by atoms with E-state index < -0.39 is 5.97 Å². The summed E-state index contributed by atoms with van der Waals surface area (Å²) in [5.74, 6) is -1.15. The molecule has 106 valence electrons. The maximum atomic E-state index is 12.9. The van der Waals surface area contributed by atoms with Gasteiger partial charge in [-0.15, -0.1) is 0 Å². The summed E-state index contributed by atoms with van der Waals surface area (Å²) in [6.45, 7) is 1.22. The third-order valence-electron chi connectivity index (χ3n) is 3.06. The minimum Gasteiger partial charge on any atom is -0.452 e. The van der Waals surface area contributed by atoms with Gasteiger partial charge in [-0.05, 0) is 36.6 Å². The van der Waals surface area contributed by atoms with Crippen molar-refractivity contribution in [3.05, 3.63) is 41.7 Å². The second kappa shape index (κ2) is 6.84. The largest absolute Gasteiger partial charge is 0.452 e. The Morgan fingerprint density at radius 2 is 2.05 bits per heavy atom. The van der Waals surface area contributed by atoms with Crippen LogP contribution in [0.15, 0.2) is 30.3 Å². The van der Waals surface area contributed by atoms with Crippen LogP contribution in [0.2, 0.25) is 0 Å². The molecule has 1 aromatic carbocycles. The van der Waals surface area contributed by atoms with Gasteiger partial charge in [-0.25, -0.2) is 9.18 Å². The molecule has 0 saturated carbocycles. The second-order valence-corrected chi connectivity index (χ2v) is 4.58. The standard InChI is InChI=1S/C15H16FNO3/c16-13-5-3-4-12(10-13)6-7-15(19)20-11-14(18)17-8-1-2-9-17/h3-7,10H,1-2,8-9,11H2/b7-6+. The first kappa shape index (κ1) is 14.2. The Morgan fingerprint density at radius 1 is 1.30 bits per heavy atom. The number of hydrogen-bond acceptors (Lipinski definition) is 3. The summed E-state index contributed by atoms with van der Waals surface area (Å²) in [4.78, 5) is 24.8. The summed E-state index contributed by atoms with van der Waals surface area (Å²) >= 11 is 0. The first-order valence-electron chi connectivity index (χ1n) is 6.53. The number of nitrogens with zero attached hydrogens (tertiary/aromatic N) is 1. The molecule has 1 amide bonds. The number of amides is 1. The topological polar surface area (TPSA) is 46.6 Å². The van der Waals surface area contributed by atoms with Crippen LogP contribution in [0.4, 0.5) is 4.39 Å². The summed E-state index contributed by atoms with van der Waals surface area (Å²) < 4.78 is 17.8. The lowest BCUT2D eigenvalue weighted by atomic mass is 10.2. The van der Waals surface area contributed by atoms with Crippen LogP contribution in [0.3, 0.4) is 0 Å². The summed E-state index contributed by atoms with van der Waals surface area (Å²) in [5.41, 5.74) is 0.563. The number of likely N-dealkylation sites (tertiary alicyclic amines) is 1. The predicted octanol–water partition coefficient (Wildman–Crippen LogP) is 2.00. The number of benzene rings is 1. The normalized spacial score (nSPS) is 14.8. The molecule has 0 N–H and O–H groups in total. The van der Waals surface area contributed by atoms with Gasteiger partial charge in [0.1, 0.15) is 5.82 Å². The summed E-state index contributed by atoms with van der Waals surface area (Å²) in [7, 11) is 0. The lowest BCUT2D eigenvalue weighted by Gasteiger charge is -2.14. The molecule has 1 aromatic rings. The van der Waals surface area contributed by atoms with Crippen molar-refractivity contribution in [2.45, 2.75) is 12.8 Å². The Hall–Kier alpha value is -2.17. The fraction of sp³-hybridized carbons (Fsp3) is 0.333. The van der Waals surface area contributed by atoms with Crippen molar-refractivity contribution in [2.75, 3.05) is 19.7 Å². The van der Waals surface area contributed by atoms with E-state index in [0.29, 0.717) is 5.56 Å². The van der Waals surface area contributed by atoms with Crippen LogP contribution in [-0.4, -0.2) is 36.5 Å². The van der Waals surface area contributed by atoms with E-state index in [1.54, 1.807) is 17.0 Å². The number of ether oxygens (including phenoxy) is 1. The average Bonchev–Trinajstić information content (AvgIpc) is 2.97. The first-order valence-corrected chi connectivity index (χ1v) is 6.53. The van der Waals surface area contributed by atoms with Crippen molar-refractivity contribution >= 4 is 18.0 Å². The van der Waals surface area contributed by atoms with E-state index >= 15 is 0 Å². The second-order valence-electron chi connectivity index (χ2n) is 4.58. The van der Waals surface area contributed by atoms with Gasteiger partial charge in [-0.1, -0.05) is 12.1 Å². The highest BCUT2D eigenvalue weighted by Gasteiger charge is 2.18. The van der Waals surface area contributed by atoms with Crippen molar-refractivity contribution in [3.8, 4) is 0 Å². The minimum atomic E-state index is -0.609. The highest BCUT2D eigenvalue weighted by molar-refractivity contribution is 5.89. The van der Waals surface area contributed by atoms with Gasteiger partial charge in [-0.2, -0.15) is 0 Å². The number of esters is 1. The Bertz CT molecular complexity index is 522. The van der Waals surface area contributed by atoms with Gasteiger partial charge in [0.15, 0.2) is 6.61 Å². The molecular weight excluding hydrogens is 261 g/mol. The lowest BCUT2D eigenvalue weighted by molar-refractivity contribution is -0.147.